The Morgan fingerprint density at radius 1 is 0.700 bits per heavy atom. The zero-order valence-corrected chi connectivity index (χ0v) is 15.8. The van der Waals surface area contributed by atoms with Gasteiger partial charge in [0, 0.05) is 24.4 Å². The van der Waals surface area contributed by atoms with Gasteiger partial charge in [0.15, 0.2) is 0 Å². The third kappa shape index (κ3) is 16.4. The van der Waals surface area contributed by atoms with Crippen LogP contribution < -0.4 is 0 Å². The van der Waals surface area contributed by atoms with Gasteiger partial charge in [-0.25, -0.2) is 0 Å². The van der Waals surface area contributed by atoms with Crippen molar-refractivity contribution in [1.82, 2.24) is 0 Å². The van der Waals surface area contributed by atoms with Crippen LogP contribution >= 0.6 is 0 Å². The molecule has 0 amide bonds. The molecular weight excluding hydrogens is 271 g/mol. The fourth-order valence-electron chi connectivity index (χ4n) is 0.954. The standard InChI is InChI=1S/3C4H9O.C3H8O.Al/c3*1-3-4(2)5;1-3(2)4;/h3*4H,3H2,1-2H3;3-4H,1-2H3;/q3*-1;;+3. The Morgan fingerprint density at radius 3 is 1.05 bits per heavy atom. The Balaban J connectivity index is 0. The molecule has 0 bridgehead atoms. The monoisotopic (exact) mass is 306 g/mol. The largest absolute Gasteiger partial charge is 0.906 e. The molecule has 0 aliphatic rings. The molecule has 0 fully saturated rings. The summed E-state index contributed by atoms with van der Waals surface area (Å²) in [6, 6.07) is 0. The van der Waals surface area contributed by atoms with Crippen molar-refractivity contribution in [3.8, 4) is 0 Å². The first-order valence-corrected chi connectivity index (χ1v) is 9.32. The molecule has 3 unspecified atom stereocenters. The second-order valence-corrected chi connectivity index (χ2v) is 6.84. The van der Waals surface area contributed by atoms with E-state index in [1.807, 2.05) is 0 Å². The zero-order valence-electron chi connectivity index (χ0n) is 14.7. The van der Waals surface area contributed by atoms with E-state index in [4.69, 9.17) is 16.5 Å². The van der Waals surface area contributed by atoms with Crippen molar-refractivity contribution in [2.75, 3.05) is 0 Å². The first-order chi connectivity index (χ1) is 9.26. The normalized spacial score (nSPS) is 15.3. The van der Waals surface area contributed by atoms with Crippen molar-refractivity contribution in [2.45, 2.75) is 99.1 Å². The highest BCUT2D eigenvalue weighted by molar-refractivity contribution is 6.36. The van der Waals surface area contributed by atoms with Crippen molar-refractivity contribution in [3.63, 3.8) is 0 Å². The van der Waals surface area contributed by atoms with E-state index in [0.29, 0.717) is 0 Å². The van der Waals surface area contributed by atoms with Crippen molar-refractivity contribution in [1.29, 1.82) is 0 Å². The summed E-state index contributed by atoms with van der Waals surface area (Å²) in [7, 11) is 0. The first kappa shape index (κ1) is 22.7. The SMILES string of the molecule is CC(C)O.CCC(C)[O][Al]([O]C(C)CC)[O]C(C)CC. The van der Waals surface area contributed by atoms with Crippen molar-refractivity contribution in [2.24, 2.45) is 0 Å². The van der Waals surface area contributed by atoms with Gasteiger partial charge in [0.05, 0.1) is 0 Å². The lowest BCUT2D eigenvalue weighted by Crippen LogP contribution is -2.36. The van der Waals surface area contributed by atoms with E-state index in [0.717, 1.165) is 19.3 Å². The molecule has 0 radical (unpaired) electrons. The lowest BCUT2D eigenvalue weighted by atomic mass is 10.3. The fraction of sp³-hybridized carbons (Fsp3) is 1.00. The van der Waals surface area contributed by atoms with Crippen LogP contribution in [0.25, 0.3) is 0 Å². The molecule has 0 aliphatic heterocycles. The Morgan fingerprint density at radius 2 is 0.900 bits per heavy atom. The predicted molar refractivity (Wildman–Crippen MR) is 85.6 cm³/mol. The second-order valence-electron chi connectivity index (χ2n) is 5.45. The summed E-state index contributed by atoms with van der Waals surface area (Å²) in [6.45, 7) is 16.0. The smallest absolute Gasteiger partial charge is 0.452 e. The summed E-state index contributed by atoms with van der Waals surface area (Å²) in [4.78, 5) is 0. The van der Waals surface area contributed by atoms with Crippen LogP contribution in [0.3, 0.4) is 0 Å². The van der Waals surface area contributed by atoms with E-state index in [1.54, 1.807) is 13.8 Å². The van der Waals surface area contributed by atoms with Gasteiger partial charge in [0.2, 0.25) is 0 Å². The average Bonchev–Trinajstić information content (AvgIpc) is 2.37. The van der Waals surface area contributed by atoms with Crippen LogP contribution in [0.4, 0.5) is 0 Å². The van der Waals surface area contributed by atoms with Crippen molar-refractivity contribution < 1.29 is 16.5 Å². The first-order valence-electron chi connectivity index (χ1n) is 7.91. The van der Waals surface area contributed by atoms with Gasteiger partial charge in [-0.3, -0.25) is 0 Å². The highest BCUT2D eigenvalue weighted by Crippen LogP contribution is 2.09. The minimum atomic E-state index is -1.96. The molecule has 0 aromatic rings. The van der Waals surface area contributed by atoms with Crippen molar-refractivity contribution >= 4 is 15.1 Å². The molecular formula is C15H35AlO4. The number of hydrogen-bond donors (Lipinski definition) is 1. The Labute approximate surface area is 131 Å². The summed E-state index contributed by atoms with van der Waals surface area (Å²) in [5.41, 5.74) is 0. The third-order valence-electron chi connectivity index (χ3n) is 2.76. The summed E-state index contributed by atoms with van der Waals surface area (Å²) >= 11 is -1.96. The Kier molecular flexibility index (Phi) is 16.2. The molecule has 3 atom stereocenters. The maximum atomic E-state index is 8.06. The van der Waals surface area contributed by atoms with Gasteiger partial charge in [0.25, 0.3) is 0 Å². The predicted octanol–water partition coefficient (Wildman–Crippen LogP) is 3.80. The Bertz CT molecular complexity index is 171. The minimum Gasteiger partial charge on any atom is -0.452 e. The van der Waals surface area contributed by atoms with Gasteiger partial charge in [0.1, 0.15) is 0 Å². The summed E-state index contributed by atoms with van der Waals surface area (Å²) < 4.78 is 17.5. The minimum absolute atomic E-state index is 0.167. The van der Waals surface area contributed by atoms with Gasteiger partial charge >= 0.3 is 15.1 Å². The molecule has 0 saturated carbocycles. The molecule has 0 aliphatic carbocycles. The molecule has 20 heavy (non-hydrogen) atoms. The van der Waals surface area contributed by atoms with Gasteiger partial charge in [-0.1, -0.05) is 20.8 Å². The number of aliphatic hydroxyl groups excluding tert-OH is 1. The van der Waals surface area contributed by atoms with Crippen LogP contribution in [0.2, 0.25) is 0 Å². The molecule has 0 aromatic carbocycles. The summed E-state index contributed by atoms with van der Waals surface area (Å²) in [6.07, 6.45) is 3.51. The van der Waals surface area contributed by atoms with E-state index in [9.17, 15) is 0 Å². The molecule has 0 aromatic heterocycles. The highest BCUT2D eigenvalue weighted by Gasteiger charge is 2.35. The summed E-state index contributed by atoms with van der Waals surface area (Å²) in [5.74, 6) is 0. The average molecular weight is 306 g/mol. The third-order valence-corrected chi connectivity index (χ3v) is 4.82. The van der Waals surface area contributed by atoms with E-state index >= 15 is 0 Å². The molecule has 0 saturated heterocycles. The van der Waals surface area contributed by atoms with Crippen molar-refractivity contribution in [3.05, 3.63) is 0 Å². The van der Waals surface area contributed by atoms with E-state index in [-0.39, 0.29) is 24.4 Å². The number of rotatable bonds is 9. The van der Waals surface area contributed by atoms with Gasteiger partial charge in [-0.15, -0.1) is 0 Å². The number of aliphatic hydroxyl groups is 1. The van der Waals surface area contributed by atoms with Crippen LogP contribution in [0.5, 0.6) is 0 Å². The summed E-state index contributed by atoms with van der Waals surface area (Å²) in [5, 5.41) is 8.06. The molecule has 4 nitrogen and oxygen atoms in total. The maximum absolute atomic E-state index is 8.06. The van der Waals surface area contributed by atoms with E-state index in [2.05, 4.69) is 41.5 Å². The zero-order chi connectivity index (χ0) is 16.1. The maximum Gasteiger partial charge on any atom is 0.906 e. The lowest BCUT2D eigenvalue weighted by Gasteiger charge is -2.23. The molecule has 5 heteroatoms. The molecule has 0 rings (SSSR count). The number of hydrogen-bond acceptors (Lipinski definition) is 4. The fourth-order valence-corrected chi connectivity index (χ4v) is 2.86. The molecule has 1 N–H and O–H groups in total. The highest BCUT2D eigenvalue weighted by atomic mass is 27.3. The van der Waals surface area contributed by atoms with Crippen LogP contribution in [-0.2, 0) is 11.4 Å². The van der Waals surface area contributed by atoms with Crippen LogP contribution in [0.1, 0.15) is 74.7 Å². The van der Waals surface area contributed by atoms with E-state index < -0.39 is 15.1 Å². The lowest BCUT2D eigenvalue weighted by molar-refractivity contribution is 0.0181. The van der Waals surface area contributed by atoms with Gasteiger partial charge < -0.3 is 16.5 Å². The van der Waals surface area contributed by atoms with Gasteiger partial charge in [-0.2, -0.15) is 0 Å². The van der Waals surface area contributed by atoms with Crippen LogP contribution in [0.15, 0.2) is 0 Å². The quantitative estimate of drug-likeness (QED) is 0.658. The van der Waals surface area contributed by atoms with Crippen LogP contribution in [0, 0.1) is 0 Å². The second kappa shape index (κ2) is 14.3. The topological polar surface area (TPSA) is 47.9 Å². The molecule has 122 valence electrons. The van der Waals surface area contributed by atoms with Crippen LogP contribution in [-0.4, -0.2) is 44.7 Å². The van der Waals surface area contributed by atoms with Gasteiger partial charge in [-0.05, 0) is 53.9 Å². The molecule has 0 heterocycles. The Hall–Kier alpha value is 0.372. The molecule has 0 spiro atoms. The van der Waals surface area contributed by atoms with E-state index in [1.165, 1.54) is 0 Å².